The maximum absolute atomic E-state index is 14.2. The van der Waals surface area contributed by atoms with Gasteiger partial charge in [-0.15, -0.1) is 0 Å². The normalized spacial score (nSPS) is 14.2. The first-order chi connectivity index (χ1) is 20.5. The van der Waals surface area contributed by atoms with Crippen molar-refractivity contribution < 1.29 is 28.3 Å². The molecule has 3 aromatic carbocycles. The van der Waals surface area contributed by atoms with E-state index in [0.29, 0.717) is 34.6 Å². The molecule has 0 aliphatic carbocycles. The van der Waals surface area contributed by atoms with Gasteiger partial charge in [0.2, 0.25) is 11.8 Å². The zero-order chi connectivity index (χ0) is 31.1. The topological polar surface area (TPSA) is 102 Å². The van der Waals surface area contributed by atoms with E-state index in [1.165, 1.54) is 31.0 Å². The van der Waals surface area contributed by atoms with Crippen molar-refractivity contribution in [2.24, 2.45) is 0 Å². The Morgan fingerprint density at radius 1 is 0.977 bits per heavy atom. The summed E-state index contributed by atoms with van der Waals surface area (Å²) in [4.78, 5) is 37.0. The molecule has 3 aromatic rings. The summed E-state index contributed by atoms with van der Waals surface area (Å²) >= 11 is 13.6. The summed E-state index contributed by atoms with van der Waals surface area (Å²) < 4.78 is 30.3. The van der Waals surface area contributed by atoms with Crippen molar-refractivity contribution >= 4 is 58.6 Å². The molecule has 3 N–H and O–H groups in total. The van der Waals surface area contributed by atoms with Crippen molar-refractivity contribution in [1.29, 1.82) is 0 Å². The third kappa shape index (κ3) is 9.06. The monoisotopic (exact) mass is 650 g/mol. The molecule has 1 aliphatic heterocycles. The van der Waals surface area contributed by atoms with Gasteiger partial charge in [0.1, 0.15) is 24.1 Å². The maximum Gasteiger partial charge on any atom is 0.312 e. The molecule has 1 heterocycles. The van der Waals surface area contributed by atoms with Crippen molar-refractivity contribution in [2.45, 2.75) is 31.5 Å². The Morgan fingerprint density at radius 3 is 2.02 bits per heavy atom. The van der Waals surface area contributed by atoms with Crippen LogP contribution >= 0.6 is 35.1 Å². The summed E-state index contributed by atoms with van der Waals surface area (Å²) in [5.74, 6) is -3.57. The number of amides is 2. The number of aliphatic carboxylic acids is 1. The molecule has 0 bridgehead atoms. The lowest BCUT2D eigenvalue weighted by atomic mass is 9.93. The molecule has 0 spiro atoms. The second-order valence-electron chi connectivity index (χ2n) is 10.1. The van der Waals surface area contributed by atoms with Gasteiger partial charge in [-0.3, -0.25) is 19.3 Å². The Bertz CT molecular complexity index is 1380. The molecule has 1 aliphatic rings. The van der Waals surface area contributed by atoms with Gasteiger partial charge in [0.05, 0.1) is 17.8 Å². The molecule has 0 radical (unpaired) electrons. The van der Waals surface area contributed by atoms with Crippen LogP contribution in [0.1, 0.15) is 30.5 Å². The fourth-order valence-corrected chi connectivity index (χ4v) is 6.02. The second-order valence-corrected chi connectivity index (χ2v) is 12.0. The summed E-state index contributed by atoms with van der Waals surface area (Å²) in [6.07, 6.45) is -0.734. The minimum Gasteiger partial charge on any atom is -0.481 e. The van der Waals surface area contributed by atoms with Gasteiger partial charge >= 0.3 is 5.97 Å². The molecular formula is C30H30Cl2F2N4O4S. The maximum atomic E-state index is 14.2. The number of carboxylic acids is 1. The molecule has 2 amide bonds. The van der Waals surface area contributed by atoms with Crippen molar-refractivity contribution in [2.75, 3.05) is 29.7 Å². The number of benzene rings is 3. The van der Waals surface area contributed by atoms with Crippen LogP contribution in [0.2, 0.25) is 10.0 Å². The average molecular weight is 652 g/mol. The van der Waals surface area contributed by atoms with E-state index < -0.39 is 41.9 Å². The van der Waals surface area contributed by atoms with Gasteiger partial charge in [0.15, 0.2) is 0 Å². The van der Waals surface area contributed by atoms with Crippen LogP contribution in [0.3, 0.4) is 0 Å². The number of nitrogens with one attached hydrogen (secondary N) is 2. The molecular weight excluding hydrogens is 621 g/mol. The molecule has 1 saturated heterocycles. The van der Waals surface area contributed by atoms with Gasteiger partial charge < -0.3 is 20.0 Å². The van der Waals surface area contributed by atoms with Crippen molar-refractivity contribution in [1.82, 2.24) is 15.5 Å². The van der Waals surface area contributed by atoms with Crippen LogP contribution in [0.15, 0.2) is 66.7 Å². The molecule has 1 fully saturated rings. The molecule has 0 aromatic heterocycles. The molecule has 13 heteroatoms. The SMILES string of the molecule is CC(NC(=O)CC(=O)O)C(=O)NCCSN(c1cc(F)cc(F)c1)C1CN(C(c2ccc(Cl)cc2)c2ccc(Cl)cc2)C1. The first-order valence-corrected chi connectivity index (χ1v) is 15.1. The van der Waals surface area contributed by atoms with Crippen LogP contribution in [-0.4, -0.2) is 65.3 Å². The van der Waals surface area contributed by atoms with Crippen LogP contribution in [0.4, 0.5) is 14.5 Å². The third-order valence-electron chi connectivity index (χ3n) is 6.77. The third-order valence-corrected chi connectivity index (χ3v) is 8.45. The molecule has 0 saturated carbocycles. The minimum atomic E-state index is -1.29. The van der Waals surface area contributed by atoms with Crippen molar-refractivity contribution in [3.63, 3.8) is 0 Å². The van der Waals surface area contributed by atoms with E-state index in [2.05, 4.69) is 15.5 Å². The predicted molar refractivity (Wildman–Crippen MR) is 164 cm³/mol. The van der Waals surface area contributed by atoms with Gasteiger partial charge in [-0.25, -0.2) is 8.78 Å². The summed E-state index contributed by atoms with van der Waals surface area (Å²) in [5, 5.41) is 15.0. The predicted octanol–water partition coefficient (Wildman–Crippen LogP) is 5.30. The van der Waals surface area contributed by atoms with E-state index in [4.69, 9.17) is 28.3 Å². The van der Waals surface area contributed by atoms with Crippen LogP contribution < -0.4 is 14.9 Å². The van der Waals surface area contributed by atoms with Gasteiger partial charge in [0, 0.05) is 41.5 Å². The summed E-state index contributed by atoms with van der Waals surface area (Å²) in [7, 11) is 0. The summed E-state index contributed by atoms with van der Waals surface area (Å²) in [6.45, 7) is 2.82. The number of carboxylic acid groups (broad SMARTS) is 1. The zero-order valence-corrected chi connectivity index (χ0v) is 25.4. The summed E-state index contributed by atoms with van der Waals surface area (Å²) in [5.41, 5.74) is 2.43. The summed E-state index contributed by atoms with van der Waals surface area (Å²) in [6, 6.07) is 17.5. The van der Waals surface area contributed by atoms with E-state index in [0.717, 1.165) is 17.2 Å². The van der Waals surface area contributed by atoms with Gasteiger partial charge in [-0.2, -0.15) is 0 Å². The lowest BCUT2D eigenvalue weighted by molar-refractivity contribution is -0.141. The highest BCUT2D eigenvalue weighted by Gasteiger charge is 2.38. The number of carbonyl (C=O) groups excluding carboxylic acids is 2. The lowest BCUT2D eigenvalue weighted by Crippen LogP contribution is -2.59. The molecule has 1 unspecified atom stereocenters. The van der Waals surface area contributed by atoms with Crippen LogP contribution in [0.25, 0.3) is 0 Å². The van der Waals surface area contributed by atoms with E-state index >= 15 is 0 Å². The molecule has 228 valence electrons. The Balaban J connectivity index is 1.43. The van der Waals surface area contributed by atoms with Gasteiger partial charge in [0.25, 0.3) is 0 Å². The highest BCUT2D eigenvalue weighted by Crippen LogP contribution is 2.38. The van der Waals surface area contributed by atoms with E-state index in [-0.39, 0.29) is 18.6 Å². The molecule has 1 atom stereocenters. The van der Waals surface area contributed by atoms with Gasteiger partial charge in [-0.05, 0) is 66.4 Å². The highest BCUT2D eigenvalue weighted by molar-refractivity contribution is 8.00. The second kappa shape index (κ2) is 14.9. The van der Waals surface area contributed by atoms with Crippen molar-refractivity contribution in [3.8, 4) is 0 Å². The smallest absolute Gasteiger partial charge is 0.312 e. The lowest BCUT2D eigenvalue weighted by Gasteiger charge is -2.49. The fourth-order valence-electron chi connectivity index (χ4n) is 4.78. The molecule has 4 rings (SSSR count). The van der Waals surface area contributed by atoms with Crippen LogP contribution in [0.5, 0.6) is 0 Å². The average Bonchev–Trinajstić information content (AvgIpc) is 2.91. The van der Waals surface area contributed by atoms with Crippen LogP contribution in [0, 0.1) is 11.6 Å². The van der Waals surface area contributed by atoms with E-state index in [1.54, 1.807) is 0 Å². The van der Waals surface area contributed by atoms with Crippen molar-refractivity contribution in [3.05, 3.63) is 99.5 Å². The minimum absolute atomic E-state index is 0.0982. The Hall–Kier alpha value is -3.38. The molecule has 43 heavy (non-hydrogen) atoms. The number of likely N-dealkylation sites (tertiary alicyclic amines) is 1. The number of hydrogen-bond donors (Lipinski definition) is 3. The standard InChI is InChI=1S/C30H30Cl2F2N4O4S/c1-18(36-27(39)15-28(40)41)30(42)35-10-11-43-38(25-13-23(33)12-24(34)14-25)26-16-37(17-26)29(19-2-6-21(31)7-3-19)20-4-8-22(32)9-5-20/h2-9,12-14,18,26,29H,10-11,15-17H2,1H3,(H,35,42)(H,36,39)(H,40,41). The number of anilines is 1. The van der Waals surface area contributed by atoms with E-state index in [1.807, 2.05) is 52.8 Å². The quantitative estimate of drug-likeness (QED) is 0.131. The number of halogens is 4. The first kappa shape index (κ1) is 32.5. The number of nitrogens with zero attached hydrogens (tertiary/aromatic N) is 2. The number of carbonyl (C=O) groups is 3. The molecule has 8 nitrogen and oxygen atoms in total. The zero-order valence-electron chi connectivity index (χ0n) is 23.1. The Labute approximate surface area is 262 Å². The largest absolute Gasteiger partial charge is 0.481 e. The Morgan fingerprint density at radius 2 is 1.51 bits per heavy atom. The van der Waals surface area contributed by atoms with E-state index in [9.17, 15) is 23.2 Å². The number of rotatable bonds is 13. The number of hydrogen-bond acceptors (Lipinski definition) is 6. The fraction of sp³-hybridized carbons (Fsp3) is 0.300. The van der Waals surface area contributed by atoms with Crippen LogP contribution in [-0.2, 0) is 14.4 Å². The first-order valence-electron chi connectivity index (χ1n) is 13.4. The highest BCUT2D eigenvalue weighted by atomic mass is 35.5. The van der Waals surface area contributed by atoms with Gasteiger partial charge in [-0.1, -0.05) is 47.5 Å². The Kier molecular flexibility index (Phi) is 11.3.